The molecule has 162 valence electrons. The second-order valence-corrected chi connectivity index (χ2v) is 7.80. The van der Waals surface area contributed by atoms with Gasteiger partial charge in [-0.3, -0.25) is 0 Å². The average Bonchev–Trinajstić information content (AvgIpc) is 2.75. The molecule has 32 heavy (non-hydrogen) atoms. The summed E-state index contributed by atoms with van der Waals surface area (Å²) < 4.78 is 6.24. The Morgan fingerprint density at radius 2 is 1.19 bits per heavy atom. The van der Waals surface area contributed by atoms with Crippen molar-refractivity contribution >= 4 is 17.1 Å². The Bertz CT molecular complexity index is 1230. The molecule has 0 bridgehead atoms. The molecule has 0 aliphatic carbocycles. The Labute approximate surface area is 187 Å². The minimum Gasteiger partial charge on any atom is -0.508 e. The summed E-state index contributed by atoms with van der Waals surface area (Å²) in [5.41, 5.74) is 5.02. The first-order valence-corrected chi connectivity index (χ1v) is 10.3. The Hall–Kier alpha value is -4.12. The lowest BCUT2D eigenvalue weighted by Gasteiger charge is -2.30. The van der Waals surface area contributed by atoms with Gasteiger partial charge >= 0.3 is 0 Å². The number of hydrogen-bond acceptors (Lipinski definition) is 5. The van der Waals surface area contributed by atoms with Gasteiger partial charge in [-0.25, -0.2) is 0 Å². The van der Waals surface area contributed by atoms with E-state index in [1.54, 1.807) is 42.5 Å². The lowest BCUT2D eigenvalue weighted by Crippen LogP contribution is -2.13. The minimum atomic E-state index is 0.192. The number of aryl methyl sites for hydroxylation is 3. The average molecular weight is 428 g/mol. The molecule has 0 aromatic heterocycles. The number of nitrogens with zero attached hydrogens (tertiary/aromatic N) is 1. The molecule has 4 rings (SSSR count). The van der Waals surface area contributed by atoms with E-state index >= 15 is 0 Å². The van der Waals surface area contributed by atoms with Crippen molar-refractivity contribution in [2.24, 2.45) is 0 Å². The fourth-order valence-electron chi connectivity index (χ4n) is 3.72. The van der Waals surface area contributed by atoms with E-state index in [0.717, 1.165) is 33.8 Å². The summed E-state index contributed by atoms with van der Waals surface area (Å²) in [6.45, 7) is 5.69. The third-order valence-corrected chi connectivity index (χ3v) is 5.34. The molecule has 0 spiro atoms. The molecule has 0 atom stereocenters. The SMILES string of the molecule is Cc1cc(Oc2ccccc2N(c2ccc(O)cc2C)c2ccc(O)cc2C)ccc1O. The maximum absolute atomic E-state index is 9.95. The highest BCUT2D eigenvalue weighted by Crippen LogP contribution is 2.45. The van der Waals surface area contributed by atoms with Crippen molar-refractivity contribution in [3.63, 3.8) is 0 Å². The second kappa shape index (κ2) is 8.55. The number of phenols is 3. The molecule has 0 saturated carbocycles. The van der Waals surface area contributed by atoms with Crippen LogP contribution < -0.4 is 9.64 Å². The molecule has 0 radical (unpaired) electrons. The predicted molar refractivity (Wildman–Crippen MR) is 127 cm³/mol. The summed E-state index contributed by atoms with van der Waals surface area (Å²) in [5, 5.41) is 29.8. The van der Waals surface area contributed by atoms with Crippen molar-refractivity contribution in [1.82, 2.24) is 0 Å². The van der Waals surface area contributed by atoms with Crippen LogP contribution in [0.4, 0.5) is 17.1 Å². The zero-order valence-electron chi connectivity index (χ0n) is 18.2. The molecule has 0 aliphatic rings. The highest BCUT2D eigenvalue weighted by molar-refractivity contribution is 5.83. The number of para-hydroxylation sites is 2. The Kier molecular flexibility index (Phi) is 5.65. The van der Waals surface area contributed by atoms with Gasteiger partial charge in [0.1, 0.15) is 23.0 Å². The zero-order chi connectivity index (χ0) is 22.8. The number of rotatable bonds is 5. The van der Waals surface area contributed by atoms with E-state index in [0.29, 0.717) is 11.5 Å². The maximum atomic E-state index is 9.95. The van der Waals surface area contributed by atoms with Gasteiger partial charge in [0.15, 0.2) is 5.75 Å². The summed E-state index contributed by atoms with van der Waals surface area (Å²) in [6, 6.07) is 23.2. The molecular weight excluding hydrogens is 402 g/mol. The fourth-order valence-corrected chi connectivity index (χ4v) is 3.72. The van der Waals surface area contributed by atoms with Crippen molar-refractivity contribution in [3.8, 4) is 28.7 Å². The minimum absolute atomic E-state index is 0.192. The van der Waals surface area contributed by atoms with Crippen LogP contribution in [0.15, 0.2) is 78.9 Å². The van der Waals surface area contributed by atoms with Crippen LogP contribution in [0, 0.1) is 20.8 Å². The van der Waals surface area contributed by atoms with E-state index in [9.17, 15) is 15.3 Å². The Morgan fingerprint density at radius 1 is 0.594 bits per heavy atom. The normalized spacial score (nSPS) is 10.7. The number of benzene rings is 4. The molecule has 5 heteroatoms. The summed E-state index contributed by atoms with van der Waals surface area (Å²) in [4.78, 5) is 2.05. The molecule has 0 amide bonds. The highest BCUT2D eigenvalue weighted by atomic mass is 16.5. The molecule has 0 aliphatic heterocycles. The summed E-state index contributed by atoms with van der Waals surface area (Å²) in [6.07, 6.45) is 0. The molecular formula is C27H25NO4. The Balaban J connectivity index is 1.89. The van der Waals surface area contributed by atoms with Gasteiger partial charge in [0, 0.05) is 11.4 Å². The Morgan fingerprint density at radius 3 is 1.75 bits per heavy atom. The summed E-state index contributed by atoms with van der Waals surface area (Å²) >= 11 is 0. The van der Waals surface area contributed by atoms with Crippen LogP contribution in [0.2, 0.25) is 0 Å². The van der Waals surface area contributed by atoms with E-state index in [1.165, 1.54) is 0 Å². The van der Waals surface area contributed by atoms with Gasteiger partial charge in [0.05, 0.1) is 5.69 Å². The molecule has 3 N–H and O–H groups in total. The lowest BCUT2D eigenvalue weighted by molar-refractivity contribution is 0.461. The van der Waals surface area contributed by atoms with Gasteiger partial charge in [-0.05, 0) is 104 Å². The predicted octanol–water partition coefficient (Wildman–Crippen LogP) is 6.99. The van der Waals surface area contributed by atoms with E-state index < -0.39 is 0 Å². The van der Waals surface area contributed by atoms with E-state index in [2.05, 4.69) is 0 Å². The molecule has 4 aromatic carbocycles. The number of anilines is 3. The zero-order valence-corrected chi connectivity index (χ0v) is 18.2. The van der Waals surface area contributed by atoms with Crippen molar-refractivity contribution in [2.45, 2.75) is 20.8 Å². The van der Waals surface area contributed by atoms with Crippen LogP contribution in [0.3, 0.4) is 0 Å². The first kappa shape index (κ1) is 21.1. The van der Waals surface area contributed by atoms with Crippen LogP contribution in [-0.2, 0) is 0 Å². The quantitative estimate of drug-likeness (QED) is 0.320. The first-order chi connectivity index (χ1) is 15.3. The van der Waals surface area contributed by atoms with Gasteiger partial charge in [0.2, 0.25) is 0 Å². The van der Waals surface area contributed by atoms with E-state index in [4.69, 9.17) is 4.74 Å². The molecule has 0 saturated heterocycles. The third kappa shape index (κ3) is 4.18. The van der Waals surface area contributed by atoms with Crippen LogP contribution in [0.25, 0.3) is 0 Å². The fraction of sp³-hybridized carbons (Fsp3) is 0.111. The van der Waals surface area contributed by atoms with Crippen LogP contribution >= 0.6 is 0 Å². The molecule has 5 nitrogen and oxygen atoms in total. The monoisotopic (exact) mass is 427 g/mol. The standard InChI is InChI=1S/C27H25NO4/c1-17-14-20(29)8-11-23(17)28(24-12-9-21(30)15-18(24)2)25-6-4-5-7-27(25)32-22-10-13-26(31)19(3)16-22/h4-16,29-31H,1-3H3. The number of ether oxygens (including phenoxy) is 1. The number of aromatic hydroxyl groups is 3. The highest BCUT2D eigenvalue weighted by Gasteiger charge is 2.21. The molecule has 0 heterocycles. The molecule has 4 aromatic rings. The summed E-state index contributed by atoms with van der Waals surface area (Å²) in [5.74, 6) is 1.83. The van der Waals surface area contributed by atoms with Gasteiger partial charge in [-0.2, -0.15) is 0 Å². The first-order valence-electron chi connectivity index (χ1n) is 10.3. The van der Waals surface area contributed by atoms with Gasteiger partial charge < -0.3 is 25.0 Å². The largest absolute Gasteiger partial charge is 0.508 e. The molecule has 0 fully saturated rings. The van der Waals surface area contributed by atoms with Gasteiger partial charge in [-0.15, -0.1) is 0 Å². The van der Waals surface area contributed by atoms with Crippen molar-refractivity contribution in [2.75, 3.05) is 4.90 Å². The van der Waals surface area contributed by atoms with Gasteiger partial charge in [-0.1, -0.05) is 12.1 Å². The number of phenolic OH excluding ortho intramolecular Hbond substituents is 3. The lowest BCUT2D eigenvalue weighted by atomic mass is 10.1. The summed E-state index contributed by atoms with van der Waals surface area (Å²) in [7, 11) is 0. The van der Waals surface area contributed by atoms with E-state index in [1.807, 2.05) is 62.1 Å². The maximum Gasteiger partial charge on any atom is 0.151 e. The molecule has 0 unspecified atom stereocenters. The van der Waals surface area contributed by atoms with E-state index in [-0.39, 0.29) is 17.2 Å². The van der Waals surface area contributed by atoms with Crippen LogP contribution in [0.1, 0.15) is 16.7 Å². The van der Waals surface area contributed by atoms with Crippen LogP contribution in [-0.4, -0.2) is 15.3 Å². The second-order valence-electron chi connectivity index (χ2n) is 7.80. The number of hydrogen-bond donors (Lipinski definition) is 3. The third-order valence-electron chi connectivity index (χ3n) is 5.34. The topological polar surface area (TPSA) is 73.2 Å². The van der Waals surface area contributed by atoms with Gasteiger partial charge in [0.25, 0.3) is 0 Å². The van der Waals surface area contributed by atoms with Crippen LogP contribution in [0.5, 0.6) is 28.7 Å². The van der Waals surface area contributed by atoms with Crippen molar-refractivity contribution in [3.05, 3.63) is 95.6 Å². The smallest absolute Gasteiger partial charge is 0.151 e. The van der Waals surface area contributed by atoms with Crippen molar-refractivity contribution < 1.29 is 20.1 Å². The van der Waals surface area contributed by atoms with Crippen molar-refractivity contribution in [1.29, 1.82) is 0 Å².